The second-order valence-corrected chi connectivity index (χ2v) is 15.6. The summed E-state index contributed by atoms with van der Waals surface area (Å²) in [5, 5.41) is 0. The maximum atomic E-state index is 6.85. The second kappa shape index (κ2) is 12.1. The average Bonchev–Trinajstić information content (AvgIpc) is 3.26. The van der Waals surface area contributed by atoms with Gasteiger partial charge in [-0.3, -0.25) is 0 Å². The summed E-state index contributed by atoms with van der Waals surface area (Å²) in [5.41, 5.74) is 18.6. The minimum Gasteiger partial charge on any atom is -0.377 e. The van der Waals surface area contributed by atoms with Crippen molar-refractivity contribution in [2.24, 2.45) is 63.0 Å². The normalized spacial score (nSPS) is 49.3. The number of hydrogen-bond donors (Lipinski definition) is 3. The summed E-state index contributed by atoms with van der Waals surface area (Å²) in [6.45, 7) is 11.5. The van der Waals surface area contributed by atoms with Crippen LogP contribution in [0.4, 0.5) is 0 Å². The van der Waals surface area contributed by atoms with E-state index in [0.717, 1.165) is 25.7 Å². The van der Waals surface area contributed by atoms with Crippen molar-refractivity contribution in [1.82, 2.24) is 3.93 Å². The smallest absolute Gasteiger partial charge is 0.0637 e. The monoisotopic (exact) mass is 612 g/mol. The molecule has 39 heavy (non-hydrogen) atoms. The van der Waals surface area contributed by atoms with Crippen LogP contribution in [-0.2, 0) is 14.2 Å². The van der Waals surface area contributed by atoms with Crippen LogP contribution in [0, 0.1) is 45.8 Å². The van der Waals surface area contributed by atoms with E-state index in [9.17, 15) is 0 Å². The Labute approximate surface area is 246 Å². The zero-order valence-corrected chi connectivity index (χ0v) is 26.7. The van der Waals surface area contributed by atoms with Gasteiger partial charge in [0.15, 0.2) is 0 Å². The van der Waals surface area contributed by atoms with Gasteiger partial charge in [-0.05, 0) is 105 Å². The third-order valence-corrected chi connectivity index (χ3v) is 13.5. The van der Waals surface area contributed by atoms with Gasteiger partial charge in [-0.1, -0.05) is 20.8 Å². The lowest BCUT2D eigenvalue weighted by molar-refractivity contribution is -0.235. The molecule has 5 aliphatic rings. The van der Waals surface area contributed by atoms with Crippen molar-refractivity contribution in [2.75, 3.05) is 46.5 Å². The van der Waals surface area contributed by atoms with Crippen molar-refractivity contribution in [3.05, 3.63) is 0 Å². The minimum atomic E-state index is 0.127. The summed E-state index contributed by atoms with van der Waals surface area (Å²) < 4.78 is 22.1. The first-order valence-corrected chi connectivity index (χ1v) is 16.7. The highest BCUT2D eigenvalue weighted by atomic mass is 79.9. The number of nitrogens with two attached hydrogens (primary N) is 3. The quantitative estimate of drug-likeness (QED) is 0.298. The van der Waals surface area contributed by atoms with Gasteiger partial charge in [0.05, 0.1) is 38.1 Å². The van der Waals surface area contributed by atoms with Crippen molar-refractivity contribution >= 4 is 16.1 Å². The Morgan fingerprint density at radius 2 is 1.44 bits per heavy atom. The molecule has 0 aromatic rings. The van der Waals surface area contributed by atoms with Crippen LogP contribution in [0.3, 0.4) is 0 Å². The van der Waals surface area contributed by atoms with Crippen molar-refractivity contribution in [3.8, 4) is 0 Å². The zero-order valence-electron chi connectivity index (χ0n) is 25.1. The van der Waals surface area contributed by atoms with E-state index in [1.807, 2.05) is 0 Å². The summed E-state index contributed by atoms with van der Waals surface area (Å²) in [7, 11) is 2.20. The fourth-order valence-corrected chi connectivity index (χ4v) is 11.8. The summed E-state index contributed by atoms with van der Waals surface area (Å²) in [6, 6.07) is 0.576. The van der Waals surface area contributed by atoms with Gasteiger partial charge in [0.25, 0.3) is 0 Å². The maximum Gasteiger partial charge on any atom is 0.0637 e. The van der Waals surface area contributed by atoms with Gasteiger partial charge in [-0.2, -0.15) is 0 Å². The molecule has 6 N–H and O–H groups in total. The second-order valence-electron chi connectivity index (χ2n) is 14.4. The molecule has 226 valence electrons. The lowest BCUT2D eigenvalue weighted by Gasteiger charge is -2.66. The molecule has 0 spiro atoms. The molecule has 0 aromatic heterocycles. The molecule has 0 amide bonds. The summed E-state index contributed by atoms with van der Waals surface area (Å²) in [5.74, 6) is 3.01. The molecule has 5 aliphatic carbocycles. The number of fused-ring (bicyclic) bond motifs is 5. The van der Waals surface area contributed by atoms with Gasteiger partial charge < -0.3 is 31.4 Å². The molecule has 0 aliphatic heterocycles. The first-order chi connectivity index (χ1) is 18.6. The lowest BCUT2D eigenvalue weighted by atomic mass is 9.41. The SMILES string of the molecule is CN(Br)C1CC[C@]1(C)[C@H]1CC[C@H]2C3[C@H](OCCN)CC4C[C@H](OCCN)CC[C@]4(C)[C@H]3C[C@H](OCCN)[C@@]21C. The van der Waals surface area contributed by atoms with Gasteiger partial charge in [-0.15, -0.1) is 0 Å². The van der Waals surface area contributed by atoms with Crippen LogP contribution >= 0.6 is 16.1 Å². The fourth-order valence-electron chi connectivity index (χ4n) is 11.1. The first kappa shape index (κ1) is 30.7. The van der Waals surface area contributed by atoms with E-state index >= 15 is 0 Å². The highest BCUT2D eigenvalue weighted by Gasteiger charge is 2.69. The van der Waals surface area contributed by atoms with Crippen LogP contribution < -0.4 is 17.2 Å². The lowest BCUT2D eigenvalue weighted by Crippen LogP contribution is -2.65. The largest absolute Gasteiger partial charge is 0.377 e. The molecule has 0 bridgehead atoms. The fraction of sp³-hybridized carbons (Fsp3) is 1.00. The molecule has 12 atom stereocenters. The van der Waals surface area contributed by atoms with E-state index in [1.165, 1.54) is 32.1 Å². The van der Waals surface area contributed by atoms with Crippen molar-refractivity contribution in [2.45, 2.75) is 103 Å². The first-order valence-electron chi connectivity index (χ1n) is 16.0. The maximum absolute atomic E-state index is 6.85. The average molecular weight is 614 g/mol. The zero-order chi connectivity index (χ0) is 28.0. The molecule has 7 nitrogen and oxygen atoms in total. The van der Waals surface area contributed by atoms with Gasteiger partial charge in [0.2, 0.25) is 0 Å². The molecular formula is C31H57BrN4O3. The Kier molecular flexibility index (Phi) is 9.48. The predicted molar refractivity (Wildman–Crippen MR) is 160 cm³/mol. The predicted octanol–water partition coefficient (Wildman–Crippen LogP) is 4.31. The molecule has 8 heteroatoms. The van der Waals surface area contributed by atoms with E-state index in [0.29, 0.717) is 92.0 Å². The van der Waals surface area contributed by atoms with E-state index < -0.39 is 0 Å². The van der Waals surface area contributed by atoms with E-state index in [2.05, 4.69) is 47.9 Å². The summed E-state index contributed by atoms with van der Waals surface area (Å²) in [4.78, 5) is 0. The number of nitrogens with zero attached hydrogens (tertiary/aromatic N) is 1. The van der Waals surface area contributed by atoms with E-state index in [-0.39, 0.29) is 17.6 Å². The molecule has 0 saturated heterocycles. The van der Waals surface area contributed by atoms with Crippen LogP contribution in [0.5, 0.6) is 0 Å². The van der Waals surface area contributed by atoms with E-state index in [1.54, 1.807) is 0 Å². The van der Waals surface area contributed by atoms with Crippen molar-refractivity contribution < 1.29 is 14.2 Å². The number of ether oxygens (including phenoxy) is 3. The molecule has 5 saturated carbocycles. The molecular weight excluding hydrogens is 556 g/mol. The van der Waals surface area contributed by atoms with Gasteiger partial charge in [0.1, 0.15) is 0 Å². The Morgan fingerprint density at radius 1 is 0.769 bits per heavy atom. The van der Waals surface area contributed by atoms with Gasteiger partial charge in [-0.25, -0.2) is 3.93 Å². The molecule has 5 rings (SSSR count). The van der Waals surface area contributed by atoms with Crippen molar-refractivity contribution in [1.29, 1.82) is 0 Å². The van der Waals surface area contributed by atoms with Crippen molar-refractivity contribution in [3.63, 3.8) is 0 Å². The molecule has 0 radical (unpaired) electrons. The summed E-state index contributed by atoms with van der Waals surface area (Å²) >= 11 is 3.83. The van der Waals surface area contributed by atoms with E-state index in [4.69, 9.17) is 31.4 Å². The van der Waals surface area contributed by atoms with Crippen LogP contribution in [-0.4, -0.2) is 74.8 Å². The Hall–Kier alpha value is 0.200. The topological polar surface area (TPSA) is 109 Å². The Bertz CT molecular complexity index is 836. The van der Waals surface area contributed by atoms with Crippen LogP contribution in [0.1, 0.15) is 78.6 Å². The van der Waals surface area contributed by atoms with Crippen LogP contribution in [0.15, 0.2) is 0 Å². The Morgan fingerprint density at radius 3 is 2.08 bits per heavy atom. The molecule has 0 aromatic carbocycles. The highest BCUT2D eigenvalue weighted by Crippen LogP contribution is 2.72. The molecule has 5 fully saturated rings. The van der Waals surface area contributed by atoms with Gasteiger partial charge in [0, 0.05) is 47.2 Å². The number of halogens is 1. The summed E-state index contributed by atoms with van der Waals surface area (Å²) in [6.07, 6.45) is 11.7. The highest BCUT2D eigenvalue weighted by molar-refractivity contribution is 9.07. The standard InChI is InChI=1S/C31H57BrN4O3/c1-29-9-7-21(37-14-11-33)17-20(29)18-24(38-15-12-34)28-22-5-6-25(30(2)10-8-26(30)36(4)32)31(22,3)27(19-23(28)29)39-16-13-35/h20-28H,5-19,33-35H2,1-4H3/t20?,21-,22+,23+,24-,25-,26?,27+,28?,29+,30-,31+/m1/s1. The molecule has 0 heterocycles. The van der Waals surface area contributed by atoms with Crippen LogP contribution in [0.25, 0.3) is 0 Å². The Balaban J connectivity index is 1.49. The minimum absolute atomic E-state index is 0.127. The molecule has 3 unspecified atom stereocenters. The third-order valence-electron chi connectivity index (χ3n) is 13.0. The number of rotatable bonds is 11. The third kappa shape index (κ3) is 5.09. The van der Waals surface area contributed by atoms with Gasteiger partial charge >= 0.3 is 0 Å². The number of hydrogen-bond acceptors (Lipinski definition) is 7. The van der Waals surface area contributed by atoms with Crippen LogP contribution in [0.2, 0.25) is 0 Å².